The third-order valence-corrected chi connectivity index (χ3v) is 4.38. The Balaban J connectivity index is 1.58. The highest BCUT2D eigenvalue weighted by atomic mass is 79.9. The molecular formula is C22H14BrNO3. The van der Waals surface area contributed by atoms with E-state index in [-0.39, 0.29) is 5.70 Å². The second kappa shape index (κ2) is 7.60. The smallest absolute Gasteiger partial charge is 0.363 e. The van der Waals surface area contributed by atoms with Gasteiger partial charge in [0.2, 0.25) is 5.90 Å². The molecular weight excluding hydrogens is 406 g/mol. The molecule has 1 aliphatic rings. The van der Waals surface area contributed by atoms with Gasteiger partial charge in [0.25, 0.3) is 0 Å². The van der Waals surface area contributed by atoms with Gasteiger partial charge in [0.05, 0.1) is 0 Å². The van der Waals surface area contributed by atoms with Crippen molar-refractivity contribution in [3.8, 4) is 11.5 Å². The molecule has 1 heterocycles. The van der Waals surface area contributed by atoms with Crippen LogP contribution in [0.5, 0.6) is 11.5 Å². The maximum Gasteiger partial charge on any atom is 0.363 e. The second-order valence-corrected chi connectivity index (χ2v) is 6.75. The minimum atomic E-state index is -0.470. The predicted octanol–water partition coefficient (Wildman–Crippen LogP) is 5.59. The highest BCUT2D eigenvalue weighted by Crippen LogP contribution is 2.25. The van der Waals surface area contributed by atoms with Crippen molar-refractivity contribution < 1.29 is 14.3 Å². The Bertz CT molecular complexity index is 1040. The molecule has 0 aliphatic carbocycles. The van der Waals surface area contributed by atoms with E-state index in [2.05, 4.69) is 20.9 Å². The molecule has 27 heavy (non-hydrogen) atoms. The van der Waals surface area contributed by atoms with E-state index in [1.54, 1.807) is 6.08 Å². The van der Waals surface area contributed by atoms with Gasteiger partial charge >= 0.3 is 5.97 Å². The Labute approximate surface area is 164 Å². The van der Waals surface area contributed by atoms with Gasteiger partial charge in [-0.15, -0.1) is 0 Å². The Hall–Kier alpha value is -3.18. The molecule has 132 valence electrons. The molecule has 0 aromatic heterocycles. The van der Waals surface area contributed by atoms with Gasteiger partial charge in [-0.25, -0.2) is 9.79 Å². The number of hydrogen-bond donors (Lipinski definition) is 0. The summed E-state index contributed by atoms with van der Waals surface area (Å²) in [5, 5.41) is 0. The van der Waals surface area contributed by atoms with Crippen LogP contribution in [-0.2, 0) is 9.53 Å². The molecule has 0 fully saturated rings. The maximum absolute atomic E-state index is 12.2. The molecule has 0 radical (unpaired) electrons. The quantitative estimate of drug-likeness (QED) is 0.409. The van der Waals surface area contributed by atoms with Crippen molar-refractivity contribution >= 4 is 33.9 Å². The number of benzene rings is 3. The first kappa shape index (κ1) is 17.2. The number of carbonyl (C=O) groups excluding carboxylic acids is 1. The largest absolute Gasteiger partial charge is 0.457 e. The number of nitrogens with zero attached hydrogens (tertiary/aromatic N) is 1. The number of para-hydroxylation sites is 1. The molecule has 5 heteroatoms. The highest BCUT2D eigenvalue weighted by Gasteiger charge is 2.24. The summed E-state index contributed by atoms with van der Waals surface area (Å²) in [7, 11) is 0. The summed E-state index contributed by atoms with van der Waals surface area (Å²) >= 11 is 3.38. The van der Waals surface area contributed by atoms with Crippen LogP contribution in [-0.4, -0.2) is 11.9 Å². The molecule has 1 aliphatic heterocycles. The van der Waals surface area contributed by atoms with Crippen molar-refractivity contribution in [2.24, 2.45) is 4.99 Å². The van der Waals surface area contributed by atoms with Crippen LogP contribution in [0.1, 0.15) is 11.1 Å². The molecule has 3 aromatic carbocycles. The van der Waals surface area contributed by atoms with Crippen LogP contribution < -0.4 is 4.74 Å². The fourth-order valence-electron chi connectivity index (χ4n) is 2.58. The van der Waals surface area contributed by atoms with Gasteiger partial charge in [-0.1, -0.05) is 46.3 Å². The normalized spacial score (nSPS) is 14.8. The van der Waals surface area contributed by atoms with Gasteiger partial charge in [-0.2, -0.15) is 0 Å². The van der Waals surface area contributed by atoms with E-state index in [1.807, 2.05) is 78.9 Å². The van der Waals surface area contributed by atoms with E-state index in [4.69, 9.17) is 9.47 Å². The standard InChI is InChI=1S/C22H14BrNO3/c23-17-11-9-16(10-12-17)21-24-20(22(25)27-21)14-15-5-4-8-19(13-15)26-18-6-2-1-3-7-18/h1-14H/b20-14-. The zero-order valence-electron chi connectivity index (χ0n) is 14.1. The average Bonchev–Trinajstić information content (AvgIpc) is 3.04. The number of rotatable bonds is 4. The molecule has 0 bridgehead atoms. The molecule has 0 atom stereocenters. The van der Waals surface area contributed by atoms with Crippen LogP contribution in [0.4, 0.5) is 0 Å². The van der Waals surface area contributed by atoms with Crippen LogP contribution in [0, 0.1) is 0 Å². The highest BCUT2D eigenvalue weighted by molar-refractivity contribution is 9.10. The maximum atomic E-state index is 12.2. The van der Waals surface area contributed by atoms with Crippen molar-refractivity contribution in [1.29, 1.82) is 0 Å². The van der Waals surface area contributed by atoms with E-state index in [9.17, 15) is 4.79 Å². The van der Waals surface area contributed by atoms with Crippen LogP contribution in [0.25, 0.3) is 6.08 Å². The SMILES string of the molecule is O=C1OC(c2ccc(Br)cc2)=N/C1=C\c1cccc(Oc2ccccc2)c1. The van der Waals surface area contributed by atoms with Crippen molar-refractivity contribution in [2.75, 3.05) is 0 Å². The number of ether oxygens (including phenoxy) is 2. The van der Waals surface area contributed by atoms with Crippen LogP contribution in [0.3, 0.4) is 0 Å². The van der Waals surface area contributed by atoms with Crippen molar-refractivity contribution in [3.63, 3.8) is 0 Å². The van der Waals surface area contributed by atoms with E-state index in [0.717, 1.165) is 21.3 Å². The lowest BCUT2D eigenvalue weighted by atomic mass is 10.2. The molecule has 0 N–H and O–H groups in total. The van der Waals surface area contributed by atoms with Crippen LogP contribution in [0.15, 0.2) is 94.0 Å². The molecule has 4 nitrogen and oxygen atoms in total. The fourth-order valence-corrected chi connectivity index (χ4v) is 2.84. The number of aliphatic imine (C=N–C) groups is 1. The summed E-state index contributed by atoms with van der Waals surface area (Å²) in [6, 6.07) is 24.4. The van der Waals surface area contributed by atoms with E-state index in [1.165, 1.54) is 0 Å². The van der Waals surface area contributed by atoms with E-state index in [0.29, 0.717) is 11.6 Å². The molecule has 0 saturated carbocycles. The number of halogens is 1. The van der Waals surface area contributed by atoms with Crippen molar-refractivity contribution in [1.82, 2.24) is 0 Å². The van der Waals surface area contributed by atoms with Gasteiger partial charge in [-0.05, 0) is 60.2 Å². The Morgan fingerprint density at radius 2 is 1.63 bits per heavy atom. The summed E-state index contributed by atoms with van der Waals surface area (Å²) in [5.74, 6) is 1.26. The van der Waals surface area contributed by atoms with Crippen molar-refractivity contribution in [2.45, 2.75) is 0 Å². The molecule has 0 unspecified atom stereocenters. The first-order valence-electron chi connectivity index (χ1n) is 8.29. The Morgan fingerprint density at radius 3 is 2.41 bits per heavy atom. The van der Waals surface area contributed by atoms with Gasteiger partial charge in [0.1, 0.15) is 11.5 Å². The topological polar surface area (TPSA) is 47.9 Å². The molecule has 0 spiro atoms. The van der Waals surface area contributed by atoms with Gasteiger partial charge in [0, 0.05) is 10.0 Å². The summed E-state index contributed by atoms with van der Waals surface area (Å²) in [6.07, 6.45) is 1.69. The van der Waals surface area contributed by atoms with Crippen LogP contribution >= 0.6 is 15.9 Å². The lowest BCUT2D eigenvalue weighted by molar-refractivity contribution is -0.129. The summed E-state index contributed by atoms with van der Waals surface area (Å²) in [5.41, 5.74) is 1.80. The molecule has 3 aromatic rings. The minimum absolute atomic E-state index is 0.254. The van der Waals surface area contributed by atoms with Crippen LogP contribution in [0.2, 0.25) is 0 Å². The third-order valence-electron chi connectivity index (χ3n) is 3.85. The zero-order valence-corrected chi connectivity index (χ0v) is 15.7. The Kier molecular flexibility index (Phi) is 4.85. The molecule has 4 rings (SSSR count). The number of cyclic esters (lactones) is 1. The predicted molar refractivity (Wildman–Crippen MR) is 108 cm³/mol. The first-order chi connectivity index (χ1) is 13.2. The number of carbonyl (C=O) groups is 1. The number of esters is 1. The molecule has 0 amide bonds. The van der Waals surface area contributed by atoms with Crippen molar-refractivity contribution in [3.05, 3.63) is 100 Å². The summed E-state index contributed by atoms with van der Waals surface area (Å²) < 4.78 is 12.1. The van der Waals surface area contributed by atoms with Gasteiger partial charge in [-0.3, -0.25) is 0 Å². The number of hydrogen-bond acceptors (Lipinski definition) is 4. The van der Waals surface area contributed by atoms with E-state index < -0.39 is 5.97 Å². The average molecular weight is 420 g/mol. The summed E-state index contributed by atoms with van der Waals surface area (Å²) in [4.78, 5) is 16.5. The third kappa shape index (κ3) is 4.15. The summed E-state index contributed by atoms with van der Waals surface area (Å²) in [6.45, 7) is 0. The monoisotopic (exact) mass is 419 g/mol. The van der Waals surface area contributed by atoms with Gasteiger partial charge in [0.15, 0.2) is 5.70 Å². The zero-order chi connectivity index (χ0) is 18.6. The Morgan fingerprint density at radius 1 is 0.889 bits per heavy atom. The molecule has 0 saturated heterocycles. The lowest BCUT2D eigenvalue weighted by Crippen LogP contribution is -2.05. The fraction of sp³-hybridized carbons (Fsp3) is 0. The lowest BCUT2D eigenvalue weighted by Gasteiger charge is -2.05. The minimum Gasteiger partial charge on any atom is -0.457 e. The first-order valence-corrected chi connectivity index (χ1v) is 9.08. The van der Waals surface area contributed by atoms with E-state index >= 15 is 0 Å². The second-order valence-electron chi connectivity index (χ2n) is 5.83. The van der Waals surface area contributed by atoms with Gasteiger partial charge < -0.3 is 9.47 Å².